The smallest absolute Gasteiger partial charge is 0.0612 e. The van der Waals surface area contributed by atoms with Crippen LogP contribution >= 0.6 is 0 Å². The highest BCUT2D eigenvalue weighted by Crippen LogP contribution is 2.30. The first kappa shape index (κ1) is 10.0. The summed E-state index contributed by atoms with van der Waals surface area (Å²) in [5.74, 6) is 0. The van der Waals surface area contributed by atoms with E-state index < -0.39 is 0 Å². The predicted molar refractivity (Wildman–Crippen MR) is 51.2 cm³/mol. The van der Waals surface area contributed by atoms with Crippen molar-refractivity contribution >= 4 is 0 Å². The summed E-state index contributed by atoms with van der Waals surface area (Å²) >= 11 is 0. The molecular formula is C10H21NO. The highest BCUT2D eigenvalue weighted by atomic mass is 16.3. The van der Waals surface area contributed by atoms with Crippen LogP contribution in [0, 0.1) is 0 Å². The van der Waals surface area contributed by atoms with E-state index in [2.05, 4.69) is 25.7 Å². The maximum atomic E-state index is 9.30. The molecule has 12 heavy (non-hydrogen) atoms. The van der Waals surface area contributed by atoms with Gasteiger partial charge in [0.1, 0.15) is 0 Å². The van der Waals surface area contributed by atoms with Crippen LogP contribution in [0.2, 0.25) is 0 Å². The summed E-state index contributed by atoms with van der Waals surface area (Å²) in [7, 11) is 0. The number of likely N-dealkylation sites (tertiary alicyclic amines) is 1. The van der Waals surface area contributed by atoms with E-state index in [-0.39, 0.29) is 5.54 Å². The van der Waals surface area contributed by atoms with E-state index in [9.17, 15) is 5.11 Å². The summed E-state index contributed by atoms with van der Waals surface area (Å²) < 4.78 is 0. The Kier molecular flexibility index (Phi) is 3.13. The lowest BCUT2D eigenvalue weighted by atomic mass is 9.98. The lowest BCUT2D eigenvalue weighted by Crippen LogP contribution is -2.48. The van der Waals surface area contributed by atoms with Gasteiger partial charge in [-0.3, -0.25) is 4.90 Å². The molecule has 0 aliphatic carbocycles. The fourth-order valence-corrected chi connectivity index (χ4v) is 2.19. The zero-order valence-electron chi connectivity index (χ0n) is 8.51. The number of rotatable bonds is 3. The van der Waals surface area contributed by atoms with Crippen LogP contribution in [0.1, 0.15) is 40.0 Å². The van der Waals surface area contributed by atoms with Gasteiger partial charge in [0.2, 0.25) is 0 Å². The Morgan fingerprint density at radius 2 is 2.25 bits per heavy atom. The topological polar surface area (TPSA) is 23.5 Å². The summed E-state index contributed by atoms with van der Waals surface area (Å²) in [5.41, 5.74) is 0.0649. The third-order valence-electron chi connectivity index (χ3n) is 3.27. The second-order valence-corrected chi connectivity index (χ2v) is 4.21. The molecule has 2 atom stereocenters. The van der Waals surface area contributed by atoms with E-state index in [1.807, 2.05) is 0 Å². The van der Waals surface area contributed by atoms with Gasteiger partial charge in [-0.1, -0.05) is 6.92 Å². The Bertz CT molecular complexity index is 149. The van der Waals surface area contributed by atoms with Gasteiger partial charge >= 0.3 is 0 Å². The van der Waals surface area contributed by atoms with Crippen molar-refractivity contribution in [3.8, 4) is 0 Å². The molecule has 0 radical (unpaired) electrons. The SMILES string of the molecule is CCC(C)N1CCCC1(C)CO. The third-order valence-corrected chi connectivity index (χ3v) is 3.27. The molecule has 1 aliphatic heterocycles. The summed E-state index contributed by atoms with van der Waals surface area (Å²) in [6.45, 7) is 8.09. The fourth-order valence-electron chi connectivity index (χ4n) is 2.19. The second-order valence-electron chi connectivity index (χ2n) is 4.21. The van der Waals surface area contributed by atoms with Gasteiger partial charge in [-0.25, -0.2) is 0 Å². The van der Waals surface area contributed by atoms with Crippen molar-refractivity contribution in [3.05, 3.63) is 0 Å². The van der Waals surface area contributed by atoms with Crippen LogP contribution < -0.4 is 0 Å². The summed E-state index contributed by atoms with van der Waals surface area (Å²) in [6, 6.07) is 0.615. The average Bonchev–Trinajstić information content (AvgIpc) is 2.47. The molecule has 2 heteroatoms. The zero-order chi connectivity index (χ0) is 9.19. The largest absolute Gasteiger partial charge is 0.394 e. The molecule has 1 N–H and O–H groups in total. The molecule has 0 saturated carbocycles. The minimum Gasteiger partial charge on any atom is -0.394 e. The molecule has 2 nitrogen and oxygen atoms in total. The normalized spacial score (nSPS) is 34.0. The Morgan fingerprint density at radius 1 is 1.58 bits per heavy atom. The molecule has 72 valence electrons. The summed E-state index contributed by atoms with van der Waals surface area (Å²) in [5, 5.41) is 9.30. The first-order valence-electron chi connectivity index (χ1n) is 5.01. The lowest BCUT2D eigenvalue weighted by Gasteiger charge is -2.37. The van der Waals surface area contributed by atoms with Gasteiger partial charge in [0, 0.05) is 11.6 Å². The van der Waals surface area contributed by atoms with Crippen LogP contribution in [0.4, 0.5) is 0 Å². The number of hydrogen-bond donors (Lipinski definition) is 1. The van der Waals surface area contributed by atoms with Crippen molar-refractivity contribution in [2.45, 2.75) is 51.6 Å². The van der Waals surface area contributed by atoms with E-state index in [0.717, 1.165) is 13.0 Å². The Labute approximate surface area is 75.6 Å². The number of aliphatic hydroxyl groups is 1. The van der Waals surface area contributed by atoms with Crippen LogP contribution in [0.3, 0.4) is 0 Å². The molecule has 1 saturated heterocycles. The van der Waals surface area contributed by atoms with Gasteiger partial charge < -0.3 is 5.11 Å². The van der Waals surface area contributed by atoms with Gasteiger partial charge in [0.05, 0.1) is 6.61 Å². The van der Waals surface area contributed by atoms with E-state index >= 15 is 0 Å². The molecule has 1 rings (SSSR count). The van der Waals surface area contributed by atoms with Crippen molar-refractivity contribution in [1.29, 1.82) is 0 Å². The van der Waals surface area contributed by atoms with Gasteiger partial charge in [0.25, 0.3) is 0 Å². The number of nitrogens with zero attached hydrogens (tertiary/aromatic N) is 1. The average molecular weight is 171 g/mol. The Hall–Kier alpha value is -0.0800. The van der Waals surface area contributed by atoms with Crippen LogP contribution in [0.5, 0.6) is 0 Å². The zero-order valence-corrected chi connectivity index (χ0v) is 8.51. The molecule has 0 amide bonds. The highest BCUT2D eigenvalue weighted by Gasteiger charge is 2.37. The lowest BCUT2D eigenvalue weighted by molar-refractivity contribution is 0.0494. The van der Waals surface area contributed by atoms with Gasteiger partial charge in [0.15, 0.2) is 0 Å². The predicted octanol–water partition coefficient (Wildman–Crippen LogP) is 1.63. The number of aliphatic hydroxyl groups excluding tert-OH is 1. The maximum Gasteiger partial charge on any atom is 0.0612 e. The third kappa shape index (κ3) is 1.64. The number of hydrogen-bond acceptors (Lipinski definition) is 2. The Balaban J connectivity index is 2.63. The van der Waals surface area contributed by atoms with Crippen molar-refractivity contribution in [1.82, 2.24) is 4.90 Å². The van der Waals surface area contributed by atoms with Crippen LogP contribution in [0.25, 0.3) is 0 Å². The molecule has 1 heterocycles. The van der Waals surface area contributed by atoms with Gasteiger partial charge in [-0.15, -0.1) is 0 Å². The standard InChI is InChI=1S/C10H21NO/c1-4-9(2)11-7-5-6-10(11,3)8-12/h9,12H,4-8H2,1-3H3. The van der Waals surface area contributed by atoms with E-state index in [1.54, 1.807) is 0 Å². The molecule has 0 aromatic rings. The quantitative estimate of drug-likeness (QED) is 0.697. The molecule has 0 spiro atoms. The van der Waals surface area contributed by atoms with Crippen LogP contribution in [-0.4, -0.2) is 34.7 Å². The van der Waals surface area contributed by atoms with E-state index in [1.165, 1.54) is 12.8 Å². The molecule has 1 aliphatic rings. The minimum absolute atomic E-state index is 0.0649. The molecule has 1 fully saturated rings. The fraction of sp³-hybridized carbons (Fsp3) is 1.00. The Morgan fingerprint density at radius 3 is 2.75 bits per heavy atom. The molecule has 0 aromatic heterocycles. The van der Waals surface area contributed by atoms with Crippen LogP contribution in [0.15, 0.2) is 0 Å². The highest BCUT2D eigenvalue weighted by molar-refractivity contribution is 4.93. The first-order valence-corrected chi connectivity index (χ1v) is 5.01. The second kappa shape index (κ2) is 3.75. The first-order chi connectivity index (χ1) is 5.64. The van der Waals surface area contributed by atoms with E-state index in [4.69, 9.17) is 0 Å². The van der Waals surface area contributed by atoms with E-state index in [0.29, 0.717) is 12.6 Å². The molecule has 2 unspecified atom stereocenters. The molecule has 0 bridgehead atoms. The molecule has 0 aromatic carbocycles. The van der Waals surface area contributed by atoms with Crippen molar-refractivity contribution in [2.75, 3.05) is 13.2 Å². The van der Waals surface area contributed by atoms with Crippen molar-refractivity contribution < 1.29 is 5.11 Å². The molecular weight excluding hydrogens is 150 g/mol. The van der Waals surface area contributed by atoms with Crippen LogP contribution in [-0.2, 0) is 0 Å². The van der Waals surface area contributed by atoms with Gasteiger partial charge in [-0.05, 0) is 39.7 Å². The van der Waals surface area contributed by atoms with Crippen molar-refractivity contribution in [3.63, 3.8) is 0 Å². The minimum atomic E-state index is 0.0649. The summed E-state index contributed by atoms with van der Waals surface area (Å²) in [6.07, 6.45) is 3.56. The van der Waals surface area contributed by atoms with Crippen molar-refractivity contribution in [2.24, 2.45) is 0 Å². The monoisotopic (exact) mass is 171 g/mol. The maximum absolute atomic E-state index is 9.30. The van der Waals surface area contributed by atoms with Gasteiger partial charge in [-0.2, -0.15) is 0 Å². The summed E-state index contributed by atoms with van der Waals surface area (Å²) in [4.78, 5) is 2.45.